The maximum absolute atomic E-state index is 6.25. The molecule has 1 aromatic heterocycles. The number of fused-ring (bicyclic) bond motifs is 3. The van der Waals surface area contributed by atoms with E-state index < -0.39 is 0 Å². The van der Waals surface area contributed by atoms with Crippen molar-refractivity contribution < 1.29 is 0 Å². The molecule has 1 atom stereocenters. The first-order valence-corrected chi connectivity index (χ1v) is 10.3. The summed E-state index contributed by atoms with van der Waals surface area (Å²) in [6, 6.07) is 12.3. The van der Waals surface area contributed by atoms with Crippen LogP contribution in [0.1, 0.15) is 6.42 Å². The third-order valence-electron chi connectivity index (χ3n) is 4.92. The molecule has 29 heavy (non-hydrogen) atoms. The number of nitrogens with one attached hydrogen (secondary N) is 1. The number of halogens is 3. The van der Waals surface area contributed by atoms with E-state index in [4.69, 9.17) is 46.3 Å². The summed E-state index contributed by atoms with van der Waals surface area (Å²) in [5, 5.41) is 7.59. The molecule has 1 aliphatic carbocycles. The number of nitrogens with two attached hydrogens (primary N) is 2. The highest BCUT2D eigenvalue weighted by molar-refractivity contribution is 6.44. The molecule has 0 spiro atoms. The van der Waals surface area contributed by atoms with Crippen LogP contribution in [-0.2, 0) is 6.54 Å². The molecule has 150 valence electrons. The Morgan fingerprint density at radius 2 is 1.86 bits per heavy atom. The van der Waals surface area contributed by atoms with Crippen LogP contribution in [0, 0.1) is 0 Å². The molecule has 5 nitrogen and oxygen atoms in total. The molecule has 4 rings (SSSR count). The molecule has 0 saturated heterocycles. The lowest BCUT2D eigenvalue weighted by Gasteiger charge is -2.19. The van der Waals surface area contributed by atoms with Gasteiger partial charge in [-0.15, -0.1) is 0 Å². The highest BCUT2D eigenvalue weighted by Crippen LogP contribution is 2.33. The van der Waals surface area contributed by atoms with Crippen LogP contribution < -0.4 is 16.8 Å². The van der Waals surface area contributed by atoms with Crippen LogP contribution in [0.5, 0.6) is 0 Å². The summed E-state index contributed by atoms with van der Waals surface area (Å²) in [5.41, 5.74) is 14.1. The van der Waals surface area contributed by atoms with E-state index in [2.05, 4.69) is 33.1 Å². The van der Waals surface area contributed by atoms with Crippen molar-refractivity contribution in [3.05, 3.63) is 63.6 Å². The van der Waals surface area contributed by atoms with Crippen LogP contribution in [0.4, 0.5) is 5.69 Å². The van der Waals surface area contributed by atoms with Gasteiger partial charge < -0.3 is 21.4 Å². The van der Waals surface area contributed by atoms with Crippen molar-refractivity contribution in [1.29, 1.82) is 0 Å². The van der Waals surface area contributed by atoms with E-state index in [0.29, 0.717) is 28.2 Å². The zero-order valence-corrected chi connectivity index (χ0v) is 17.8. The van der Waals surface area contributed by atoms with Crippen molar-refractivity contribution in [3.8, 4) is 0 Å². The van der Waals surface area contributed by atoms with Crippen LogP contribution in [0.15, 0.2) is 63.6 Å². The number of rotatable bonds is 5. The third kappa shape index (κ3) is 4.17. The van der Waals surface area contributed by atoms with Gasteiger partial charge in [-0.25, -0.2) is 0 Å². The number of guanidine groups is 1. The minimum Gasteiger partial charge on any atom is -0.378 e. The molecule has 1 unspecified atom stereocenters. The predicted molar refractivity (Wildman–Crippen MR) is 125 cm³/mol. The minimum atomic E-state index is 0.0800. The number of allylic oxidation sites excluding steroid dienone is 2. The van der Waals surface area contributed by atoms with Gasteiger partial charge in [0.05, 0.1) is 22.1 Å². The Hall–Kier alpha value is -2.34. The SMILES string of the molecule is NC(N)=NCCn1c2ccc(Cl)cc2c2ccc(NC3C=C(Cl)C(Cl)=CC3)cc21. The normalized spacial score (nSPS) is 16.6. The second kappa shape index (κ2) is 8.19. The molecule has 1 aliphatic rings. The number of aliphatic imine (C=N–C) groups is 1. The maximum Gasteiger partial charge on any atom is 0.185 e. The number of benzene rings is 2. The number of hydrogen-bond donors (Lipinski definition) is 3. The summed E-state index contributed by atoms with van der Waals surface area (Å²) < 4.78 is 2.21. The first-order chi connectivity index (χ1) is 13.9. The van der Waals surface area contributed by atoms with E-state index in [1.165, 1.54) is 0 Å². The van der Waals surface area contributed by atoms with E-state index in [0.717, 1.165) is 33.9 Å². The zero-order chi connectivity index (χ0) is 20.5. The summed E-state index contributed by atoms with van der Waals surface area (Å²) in [5.74, 6) is 0.0869. The molecule has 0 bridgehead atoms. The molecule has 5 N–H and O–H groups in total. The number of nitrogens with zero attached hydrogens (tertiary/aromatic N) is 2. The van der Waals surface area contributed by atoms with Gasteiger partial charge in [0.15, 0.2) is 5.96 Å². The van der Waals surface area contributed by atoms with Gasteiger partial charge in [0.1, 0.15) is 0 Å². The average molecular weight is 449 g/mol. The van der Waals surface area contributed by atoms with E-state index in [1.54, 1.807) is 0 Å². The summed E-state index contributed by atoms with van der Waals surface area (Å²) in [6.07, 6.45) is 4.63. The topological polar surface area (TPSA) is 81.4 Å². The summed E-state index contributed by atoms with van der Waals surface area (Å²) in [7, 11) is 0. The van der Waals surface area contributed by atoms with Gasteiger partial charge in [-0.05, 0) is 42.8 Å². The summed E-state index contributed by atoms with van der Waals surface area (Å²) in [6.45, 7) is 1.14. The van der Waals surface area contributed by atoms with Crippen molar-refractivity contribution in [1.82, 2.24) is 4.57 Å². The molecule has 0 radical (unpaired) electrons. The molecule has 0 amide bonds. The molecule has 8 heteroatoms. The zero-order valence-electron chi connectivity index (χ0n) is 15.5. The maximum atomic E-state index is 6.25. The van der Waals surface area contributed by atoms with Gasteiger partial charge in [0.25, 0.3) is 0 Å². The molecule has 2 aromatic carbocycles. The van der Waals surface area contributed by atoms with Gasteiger partial charge in [-0.2, -0.15) is 0 Å². The lowest BCUT2D eigenvalue weighted by molar-refractivity contribution is 0.757. The highest BCUT2D eigenvalue weighted by atomic mass is 35.5. The lowest BCUT2D eigenvalue weighted by atomic mass is 10.1. The van der Waals surface area contributed by atoms with E-state index in [1.807, 2.05) is 30.4 Å². The first-order valence-electron chi connectivity index (χ1n) is 9.19. The van der Waals surface area contributed by atoms with Crippen LogP contribution in [-0.4, -0.2) is 23.1 Å². The Balaban J connectivity index is 1.74. The molecule has 0 fully saturated rings. The highest BCUT2D eigenvalue weighted by Gasteiger charge is 2.15. The van der Waals surface area contributed by atoms with Crippen LogP contribution in [0.3, 0.4) is 0 Å². The van der Waals surface area contributed by atoms with Crippen molar-refractivity contribution >= 4 is 68.3 Å². The average Bonchev–Trinajstić information content (AvgIpc) is 2.97. The van der Waals surface area contributed by atoms with Crippen LogP contribution >= 0.6 is 34.8 Å². The fourth-order valence-corrected chi connectivity index (χ4v) is 4.20. The van der Waals surface area contributed by atoms with E-state index >= 15 is 0 Å². The van der Waals surface area contributed by atoms with Gasteiger partial charge in [-0.3, -0.25) is 4.99 Å². The van der Waals surface area contributed by atoms with Crippen LogP contribution in [0.25, 0.3) is 21.8 Å². The predicted octanol–water partition coefficient (Wildman–Crippen LogP) is 5.15. The number of anilines is 1. The summed E-state index contributed by atoms with van der Waals surface area (Å²) >= 11 is 18.5. The Kier molecular flexibility index (Phi) is 5.63. The van der Waals surface area contributed by atoms with Crippen molar-refractivity contribution in [2.75, 3.05) is 11.9 Å². The van der Waals surface area contributed by atoms with Gasteiger partial charge in [-0.1, -0.05) is 46.9 Å². The second-order valence-corrected chi connectivity index (χ2v) is 8.16. The fourth-order valence-electron chi connectivity index (χ4n) is 3.65. The van der Waals surface area contributed by atoms with Crippen molar-refractivity contribution in [3.63, 3.8) is 0 Å². The van der Waals surface area contributed by atoms with Gasteiger partial charge in [0, 0.05) is 39.6 Å². The van der Waals surface area contributed by atoms with E-state index in [9.17, 15) is 0 Å². The monoisotopic (exact) mass is 447 g/mol. The standard InChI is InChI=1S/C21H20Cl3N5/c22-12-1-6-19-16(9-12)15-4-2-14(28-13-3-5-17(23)18(24)10-13)11-20(15)29(19)8-7-27-21(25)26/h1-2,4-6,9-11,13,28H,3,7-8H2,(H4,25,26,27). The third-order valence-corrected chi connectivity index (χ3v) is 5.94. The Labute approximate surface area is 183 Å². The van der Waals surface area contributed by atoms with Crippen molar-refractivity contribution in [2.24, 2.45) is 16.5 Å². The molecule has 3 aromatic rings. The number of aromatic nitrogens is 1. The largest absolute Gasteiger partial charge is 0.378 e. The smallest absolute Gasteiger partial charge is 0.185 e. The minimum absolute atomic E-state index is 0.0800. The number of hydrogen-bond acceptors (Lipinski definition) is 2. The van der Waals surface area contributed by atoms with Gasteiger partial charge >= 0.3 is 0 Å². The molecular weight excluding hydrogens is 429 g/mol. The second-order valence-electron chi connectivity index (χ2n) is 6.90. The fraction of sp³-hybridized carbons (Fsp3) is 0.190. The molecule has 0 saturated carbocycles. The molecular formula is C21H20Cl3N5. The molecule has 0 aliphatic heterocycles. The Morgan fingerprint density at radius 1 is 1.03 bits per heavy atom. The van der Waals surface area contributed by atoms with E-state index in [-0.39, 0.29) is 12.0 Å². The summed E-state index contributed by atoms with van der Waals surface area (Å²) in [4.78, 5) is 4.13. The lowest BCUT2D eigenvalue weighted by Crippen LogP contribution is -2.23. The first kappa shape index (κ1) is 20.0. The quantitative estimate of drug-likeness (QED) is 0.373. The van der Waals surface area contributed by atoms with Crippen molar-refractivity contribution in [2.45, 2.75) is 19.0 Å². The Morgan fingerprint density at radius 3 is 2.62 bits per heavy atom. The van der Waals surface area contributed by atoms with Gasteiger partial charge in [0.2, 0.25) is 0 Å². The van der Waals surface area contributed by atoms with Crippen LogP contribution in [0.2, 0.25) is 5.02 Å². The molecule has 1 heterocycles. The Bertz CT molecular complexity index is 1170.